The second-order valence-corrected chi connectivity index (χ2v) is 13.1. The minimum Gasteiger partial charge on any atom is -0.352 e. The molecule has 0 aliphatic rings. The van der Waals surface area contributed by atoms with Crippen molar-refractivity contribution in [1.82, 2.24) is 10.2 Å². The van der Waals surface area contributed by atoms with E-state index in [2.05, 4.69) is 5.32 Å². The summed E-state index contributed by atoms with van der Waals surface area (Å²) in [7, 11) is -4.33. The van der Waals surface area contributed by atoms with Gasteiger partial charge in [-0.05, 0) is 60.9 Å². The van der Waals surface area contributed by atoms with Gasteiger partial charge in [-0.2, -0.15) is 0 Å². The molecule has 1 N–H and O–H groups in total. The van der Waals surface area contributed by atoms with Gasteiger partial charge >= 0.3 is 0 Å². The Morgan fingerprint density at radius 3 is 2.09 bits per heavy atom. The van der Waals surface area contributed by atoms with Crippen molar-refractivity contribution >= 4 is 44.8 Å². The zero-order chi connectivity index (χ0) is 33.3. The molecule has 46 heavy (non-hydrogen) atoms. The summed E-state index contributed by atoms with van der Waals surface area (Å²) in [5.74, 6) is -1.04. The van der Waals surface area contributed by atoms with Gasteiger partial charge in [0.15, 0.2) is 0 Å². The number of nitro groups is 1. The molecule has 10 nitrogen and oxygen atoms in total. The number of hydrogen-bond acceptors (Lipinski definition) is 6. The van der Waals surface area contributed by atoms with Gasteiger partial charge in [0.1, 0.15) is 12.6 Å². The number of amides is 2. The second-order valence-electron chi connectivity index (χ2n) is 10.8. The van der Waals surface area contributed by atoms with Crippen LogP contribution in [0.2, 0.25) is 5.02 Å². The summed E-state index contributed by atoms with van der Waals surface area (Å²) in [6.07, 6.45) is 0.827. The van der Waals surface area contributed by atoms with Gasteiger partial charge < -0.3 is 10.2 Å². The Balaban J connectivity index is 1.81. The Labute approximate surface area is 273 Å². The lowest BCUT2D eigenvalue weighted by molar-refractivity contribution is -0.384. The van der Waals surface area contributed by atoms with E-state index in [1.54, 1.807) is 42.5 Å². The monoisotopic (exact) mass is 662 g/mol. The number of nitro benzene ring substituents is 1. The van der Waals surface area contributed by atoms with E-state index < -0.39 is 33.4 Å². The minimum absolute atomic E-state index is 0.0374. The third-order valence-corrected chi connectivity index (χ3v) is 9.50. The van der Waals surface area contributed by atoms with Gasteiger partial charge in [0.25, 0.3) is 15.7 Å². The van der Waals surface area contributed by atoms with Crippen LogP contribution < -0.4 is 9.62 Å². The van der Waals surface area contributed by atoms with Gasteiger partial charge in [-0.1, -0.05) is 79.2 Å². The maximum atomic E-state index is 14.5. The van der Waals surface area contributed by atoms with Crippen LogP contribution in [-0.2, 0) is 32.6 Å². The molecule has 4 rings (SSSR count). The number of sulfonamides is 1. The van der Waals surface area contributed by atoms with Gasteiger partial charge in [0, 0.05) is 36.2 Å². The molecule has 2 atom stereocenters. The highest BCUT2D eigenvalue weighted by atomic mass is 35.5. The first-order valence-corrected chi connectivity index (χ1v) is 16.5. The molecular formula is C34H35ClN4O6S. The summed E-state index contributed by atoms with van der Waals surface area (Å²) >= 11 is 6.28. The number of rotatable bonds is 14. The molecule has 240 valence electrons. The van der Waals surface area contributed by atoms with Gasteiger partial charge in [-0.3, -0.25) is 24.0 Å². The lowest BCUT2D eigenvalue weighted by atomic mass is 10.0. The SMILES string of the molecule is CC[C@@H](C)NC(=O)[C@@H](Cc1ccccc1)N(Cc1cccc(Cl)c1)C(=O)CN(c1ccc([N+](=O)[O-])cc1)S(=O)(=O)c1ccccc1. The molecule has 0 radical (unpaired) electrons. The van der Waals surface area contributed by atoms with E-state index in [1.807, 2.05) is 44.2 Å². The fourth-order valence-corrected chi connectivity index (χ4v) is 6.46. The number of non-ortho nitro benzene ring substituents is 1. The molecule has 0 heterocycles. The first kappa shape index (κ1) is 34.1. The summed E-state index contributed by atoms with van der Waals surface area (Å²) in [6, 6.07) is 27.4. The van der Waals surface area contributed by atoms with Crippen LogP contribution in [0.15, 0.2) is 114 Å². The van der Waals surface area contributed by atoms with Gasteiger partial charge in [0.05, 0.1) is 15.5 Å². The second kappa shape index (κ2) is 15.5. The van der Waals surface area contributed by atoms with Crippen molar-refractivity contribution in [2.45, 2.75) is 50.2 Å². The van der Waals surface area contributed by atoms with Crippen LogP contribution in [0.1, 0.15) is 31.4 Å². The van der Waals surface area contributed by atoms with E-state index in [0.717, 1.165) is 9.87 Å². The quantitative estimate of drug-likeness (QED) is 0.130. The molecular weight excluding hydrogens is 628 g/mol. The summed E-state index contributed by atoms with van der Waals surface area (Å²) < 4.78 is 28.9. The van der Waals surface area contributed by atoms with E-state index in [-0.39, 0.29) is 41.2 Å². The number of halogens is 1. The fourth-order valence-electron chi connectivity index (χ4n) is 4.82. The number of carbonyl (C=O) groups is 2. The highest BCUT2D eigenvalue weighted by Gasteiger charge is 2.35. The van der Waals surface area contributed by atoms with Crippen molar-refractivity contribution in [3.63, 3.8) is 0 Å². The number of anilines is 1. The Kier molecular flexibility index (Phi) is 11.5. The average molecular weight is 663 g/mol. The fraction of sp³-hybridized carbons (Fsp3) is 0.235. The van der Waals surface area contributed by atoms with Crippen molar-refractivity contribution in [2.24, 2.45) is 0 Å². The summed E-state index contributed by atoms with van der Waals surface area (Å²) in [5.41, 5.74) is 1.26. The van der Waals surface area contributed by atoms with Gasteiger partial charge in [0.2, 0.25) is 11.8 Å². The van der Waals surface area contributed by atoms with Gasteiger partial charge in [-0.25, -0.2) is 8.42 Å². The highest BCUT2D eigenvalue weighted by molar-refractivity contribution is 7.92. The topological polar surface area (TPSA) is 130 Å². The van der Waals surface area contributed by atoms with Crippen LogP contribution >= 0.6 is 11.6 Å². The molecule has 0 spiro atoms. The Morgan fingerprint density at radius 1 is 0.891 bits per heavy atom. The first-order chi connectivity index (χ1) is 22.0. The Morgan fingerprint density at radius 2 is 1.50 bits per heavy atom. The van der Waals surface area contributed by atoms with Crippen LogP contribution in [-0.4, -0.2) is 48.7 Å². The molecule has 0 saturated heterocycles. The van der Waals surface area contributed by atoms with Crippen molar-refractivity contribution in [2.75, 3.05) is 10.8 Å². The molecule has 2 amide bonds. The van der Waals surface area contributed by atoms with E-state index in [4.69, 9.17) is 11.6 Å². The maximum Gasteiger partial charge on any atom is 0.269 e. The standard InChI is InChI=1S/C34H35ClN4O6S/c1-3-25(2)36-34(41)32(22-26-11-6-4-7-12-26)37(23-27-13-10-14-28(35)21-27)33(40)24-38(29-17-19-30(20-18-29)39(42)43)46(44,45)31-15-8-5-9-16-31/h4-21,25,32H,3,22-24H2,1-2H3,(H,36,41)/t25-,32-/m1/s1. The normalized spacial score (nSPS) is 12.5. The predicted molar refractivity (Wildman–Crippen MR) is 178 cm³/mol. The Bertz CT molecular complexity index is 1760. The van der Waals surface area contributed by atoms with Crippen LogP contribution in [0.3, 0.4) is 0 Å². The van der Waals surface area contributed by atoms with E-state index in [0.29, 0.717) is 17.0 Å². The molecule has 0 aliphatic heterocycles. The molecule has 4 aromatic carbocycles. The van der Waals surface area contributed by atoms with Crippen LogP contribution in [0.25, 0.3) is 0 Å². The van der Waals surface area contributed by atoms with Crippen molar-refractivity contribution in [3.05, 3.63) is 135 Å². The number of carbonyl (C=O) groups excluding carboxylic acids is 2. The number of nitrogens with one attached hydrogen (secondary N) is 1. The molecule has 0 bridgehead atoms. The number of hydrogen-bond donors (Lipinski definition) is 1. The minimum atomic E-state index is -4.33. The lowest BCUT2D eigenvalue weighted by Gasteiger charge is -2.34. The van der Waals surface area contributed by atoms with Crippen LogP contribution in [0.4, 0.5) is 11.4 Å². The summed E-state index contributed by atoms with van der Waals surface area (Å²) in [4.78, 5) is 40.3. The molecule has 0 unspecified atom stereocenters. The Hall–Kier alpha value is -4.74. The van der Waals surface area contributed by atoms with Crippen LogP contribution in [0.5, 0.6) is 0 Å². The van der Waals surface area contributed by atoms with E-state index in [9.17, 15) is 28.1 Å². The predicted octanol–water partition coefficient (Wildman–Crippen LogP) is 6.00. The molecule has 12 heteroatoms. The highest BCUT2D eigenvalue weighted by Crippen LogP contribution is 2.27. The summed E-state index contributed by atoms with van der Waals surface area (Å²) in [6.45, 7) is 3.08. The van der Waals surface area contributed by atoms with E-state index >= 15 is 0 Å². The number of nitrogens with zero attached hydrogens (tertiary/aromatic N) is 3. The molecule has 0 fully saturated rings. The lowest BCUT2D eigenvalue weighted by Crippen LogP contribution is -2.54. The molecule has 0 aromatic heterocycles. The van der Waals surface area contributed by atoms with Gasteiger partial charge in [-0.15, -0.1) is 0 Å². The molecule has 4 aromatic rings. The smallest absolute Gasteiger partial charge is 0.269 e. The summed E-state index contributed by atoms with van der Waals surface area (Å²) in [5, 5.41) is 14.7. The zero-order valence-electron chi connectivity index (χ0n) is 25.5. The van der Waals surface area contributed by atoms with Crippen molar-refractivity contribution in [3.8, 4) is 0 Å². The third kappa shape index (κ3) is 8.70. The van der Waals surface area contributed by atoms with Crippen molar-refractivity contribution < 1.29 is 22.9 Å². The van der Waals surface area contributed by atoms with Crippen LogP contribution in [0, 0.1) is 10.1 Å². The average Bonchev–Trinajstić information content (AvgIpc) is 3.05. The number of benzene rings is 4. The molecule has 0 aliphatic carbocycles. The third-order valence-electron chi connectivity index (χ3n) is 7.47. The van der Waals surface area contributed by atoms with E-state index in [1.165, 1.54) is 41.3 Å². The molecule has 0 saturated carbocycles. The first-order valence-electron chi connectivity index (χ1n) is 14.7. The maximum absolute atomic E-state index is 14.5. The largest absolute Gasteiger partial charge is 0.352 e. The zero-order valence-corrected chi connectivity index (χ0v) is 27.0. The van der Waals surface area contributed by atoms with Crippen molar-refractivity contribution in [1.29, 1.82) is 0 Å².